The maximum atomic E-state index is 13.2. The normalized spacial score (nSPS) is 26.4. The Morgan fingerprint density at radius 3 is 2.64 bits per heavy atom. The van der Waals surface area contributed by atoms with Crippen molar-refractivity contribution < 1.29 is 14.3 Å². The second-order valence-corrected chi connectivity index (χ2v) is 7.57. The van der Waals surface area contributed by atoms with E-state index in [0.29, 0.717) is 12.6 Å². The number of hydrogen-bond acceptors (Lipinski definition) is 3. The third-order valence-corrected chi connectivity index (χ3v) is 5.87. The number of aryl methyl sites for hydroxylation is 1. The minimum Gasteiger partial charge on any atom is -0.484 e. The highest BCUT2D eigenvalue weighted by atomic mass is 16.5. The van der Waals surface area contributed by atoms with Crippen molar-refractivity contribution in [3.05, 3.63) is 29.8 Å². The van der Waals surface area contributed by atoms with Crippen LogP contribution in [0, 0.1) is 6.92 Å². The van der Waals surface area contributed by atoms with Gasteiger partial charge in [0.15, 0.2) is 6.61 Å². The molecule has 1 aromatic rings. The van der Waals surface area contributed by atoms with Gasteiger partial charge >= 0.3 is 0 Å². The van der Waals surface area contributed by atoms with Crippen LogP contribution in [0.25, 0.3) is 0 Å². The van der Waals surface area contributed by atoms with E-state index >= 15 is 0 Å². The zero-order valence-corrected chi connectivity index (χ0v) is 14.9. The molecular weight excluding hydrogens is 316 g/mol. The van der Waals surface area contributed by atoms with Crippen LogP contribution in [0.3, 0.4) is 0 Å². The van der Waals surface area contributed by atoms with Crippen LogP contribution in [0.2, 0.25) is 0 Å². The second-order valence-electron chi connectivity index (χ2n) is 7.57. The van der Waals surface area contributed by atoms with Crippen LogP contribution in [0.1, 0.15) is 44.1 Å². The molecule has 1 spiro atoms. The van der Waals surface area contributed by atoms with Gasteiger partial charge in [0.25, 0.3) is 5.91 Å². The first-order valence-corrected chi connectivity index (χ1v) is 9.42. The van der Waals surface area contributed by atoms with E-state index in [1.807, 2.05) is 41.0 Å². The number of amides is 2. The zero-order valence-electron chi connectivity index (χ0n) is 14.9. The number of para-hydroxylation sites is 1. The van der Waals surface area contributed by atoms with Crippen LogP contribution in [-0.4, -0.2) is 52.9 Å². The molecule has 1 saturated carbocycles. The maximum absolute atomic E-state index is 13.2. The lowest BCUT2D eigenvalue weighted by atomic mass is 9.85. The van der Waals surface area contributed by atoms with Crippen LogP contribution in [0.5, 0.6) is 5.75 Å². The monoisotopic (exact) mass is 342 g/mol. The van der Waals surface area contributed by atoms with Gasteiger partial charge in [0.2, 0.25) is 5.91 Å². The van der Waals surface area contributed by atoms with Gasteiger partial charge in [-0.05, 0) is 57.1 Å². The lowest BCUT2D eigenvalue weighted by Gasteiger charge is -2.44. The van der Waals surface area contributed by atoms with Crippen LogP contribution in [0.15, 0.2) is 24.3 Å². The Bertz CT molecular complexity index is 685. The molecule has 2 aliphatic heterocycles. The van der Waals surface area contributed by atoms with Crippen molar-refractivity contribution in [2.45, 2.75) is 57.0 Å². The van der Waals surface area contributed by atoms with Gasteiger partial charge < -0.3 is 14.5 Å². The smallest absolute Gasteiger partial charge is 0.261 e. The molecule has 0 aromatic heterocycles. The van der Waals surface area contributed by atoms with E-state index in [0.717, 1.165) is 56.4 Å². The number of piperidine rings is 1. The Labute approximate surface area is 148 Å². The number of rotatable bonds is 4. The van der Waals surface area contributed by atoms with Gasteiger partial charge in [-0.3, -0.25) is 9.59 Å². The molecule has 25 heavy (non-hydrogen) atoms. The van der Waals surface area contributed by atoms with Gasteiger partial charge in [0.1, 0.15) is 11.3 Å². The molecule has 1 aliphatic carbocycles. The van der Waals surface area contributed by atoms with Crippen LogP contribution >= 0.6 is 0 Å². The molecule has 1 aromatic carbocycles. The third-order valence-electron chi connectivity index (χ3n) is 5.87. The van der Waals surface area contributed by atoms with E-state index in [4.69, 9.17) is 4.74 Å². The fraction of sp³-hybridized carbons (Fsp3) is 0.600. The van der Waals surface area contributed by atoms with Gasteiger partial charge in [0.05, 0.1) is 0 Å². The summed E-state index contributed by atoms with van der Waals surface area (Å²) in [4.78, 5) is 29.9. The summed E-state index contributed by atoms with van der Waals surface area (Å²) in [7, 11) is 0. The summed E-state index contributed by atoms with van der Waals surface area (Å²) in [5.74, 6) is 0.855. The predicted octanol–water partition coefficient (Wildman–Crippen LogP) is 2.52. The third kappa shape index (κ3) is 2.90. The van der Waals surface area contributed by atoms with Crippen molar-refractivity contribution in [3.63, 3.8) is 0 Å². The van der Waals surface area contributed by atoms with Crippen molar-refractivity contribution in [1.82, 2.24) is 9.80 Å². The summed E-state index contributed by atoms with van der Waals surface area (Å²) >= 11 is 0. The Hall–Kier alpha value is -2.04. The van der Waals surface area contributed by atoms with Crippen LogP contribution in [0.4, 0.5) is 0 Å². The van der Waals surface area contributed by atoms with E-state index in [1.165, 1.54) is 0 Å². The summed E-state index contributed by atoms with van der Waals surface area (Å²) in [6, 6.07) is 8.12. The highest BCUT2D eigenvalue weighted by Crippen LogP contribution is 2.41. The van der Waals surface area contributed by atoms with Crippen molar-refractivity contribution in [3.8, 4) is 5.75 Å². The summed E-state index contributed by atoms with van der Waals surface area (Å²) in [6.45, 7) is 3.49. The minimum absolute atomic E-state index is 0.00329. The average molecular weight is 342 g/mol. The summed E-state index contributed by atoms with van der Waals surface area (Å²) < 4.78 is 5.75. The molecule has 1 unspecified atom stereocenters. The zero-order chi connectivity index (χ0) is 17.4. The van der Waals surface area contributed by atoms with Crippen molar-refractivity contribution in [2.75, 3.05) is 19.7 Å². The highest BCUT2D eigenvalue weighted by Gasteiger charge is 2.54. The van der Waals surface area contributed by atoms with E-state index < -0.39 is 5.54 Å². The molecule has 0 N–H and O–H groups in total. The molecule has 0 bridgehead atoms. The second kappa shape index (κ2) is 6.36. The lowest BCUT2D eigenvalue weighted by molar-refractivity contribution is -0.156. The molecule has 4 rings (SSSR count). The number of carbonyl (C=O) groups is 2. The molecule has 2 amide bonds. The fourth-order valence-corrected chi connectivity index (χ4v) is 4.41. The molecule has 3 aliphatic rings. The van der Waals surface area contributed by atoms with Crippen LogP contribution in [-0.2, 0) is 9.59 Å². The van der Waals surface area contributed by atoms with E-state index in [9.17, 15) is 9.59 Å². The number of benzene rings is 1. The Balaban J connectivity index is 1.48. The maximum Gasteiger partial charge on any atom is 0.261 e. The Morgan fingerprint density at radius 2 is 1.92 bits per heavy atom. The van der Waals surface area contributed by atoms with Gasteiger partial charge in [-0.25, -0.2) is 0 Å². The fourth-order valence-electron chi connectivity index (χ4n) is 4.41. The number of hydrogen-bond donors (Lipinski definition) is 0. The highest BCUT2D eigenvalue weighted by molar-refractivity contribution is 5.93. The molecule has 5 nitrogen and oxygen atoms in total. The van der Waals surface area contributed by atoms with Gasteiger partial charge in [0, 0.05) is 19.1 Å². The molecular formula is C20H26N2O3. The van der Waals surface area contributed by atoms with E-state index in [1.54, 1.807) is 0 Å². The number of nitrogens with zero attached hydrogens (tertiary/aromatic N) is 2. The van der Waals surface area contributed by atoms with Gasteiger partial charge in [-0.1, -0.05) is 18.2 Å². The molecule has 2 heterocycles. The SMILES string of the molecule is Cc1ccccc1OCC(=O)N1CCCC12CCCN(C1CC1)C2=O. The summed E-state index contributed by atoms with van der Waals surface area (Å²) in [5.41, 5.74) is 0.410. The van der Waals surface area contributed by atoms with Gasteiger partial charge in [-0.2, -0.15) is 0 Å². The Kier molecular flexibility index (Phi) is 4.18. The topological polar surface area (TPSA) is 49.9 Å². The molecule has 2 saturated heterocycles. The first-order chi connectivity index (χ1) is 12.1. The average Bonchev–Trinajstić information content (AvgIpc) is 3.37. The first kappa shape index (κ1) is 16.4. The molecule has 0 radical (unpaired) electrons. The quantitative estimate of drug-likeness (QED) is 0.845. The van der Waals surface area contributed by atoms with Gasteiger partial charge in [-0.15, -0.1) is 0 Å². The Morgan fingerprint density at radius 1 is 1.20 bits per heavy atom. The van der Waals surface area contributed by atoms with E-state index in [-0.39, 0.29) is 18.4 Å². The summed E-state index contributed by atoms with van der Waals surface area (Å²) in [6.07, 6.45) is 5.72. The number of likely N-dealkylation sites (tertiary alicyclic amines) is 2. The van der Waals surface area contributed by atoms with Crippen LogP contribution < -0.4 is 4.74 Å². The lowest BCUT2D eigenvalue weighted by Crippen LogP contribution is -2.62. The molecule has 5 heteroatoms. The van der Waals surface area contributed by atoms with E-state index in [2.05, 4.69) is 0 Å². The summed E-state index contributed by atoms with van der Waals surface area (Å²) in [5, 5.41) is 0. The predicted molar refractivity (Wildman–Crippen MR) is 94.3 cm³/mol. The molecule has 134 valence electrons. The largest absolute Gasteiger partial charge is 0.484 e. The first-order valence-electron chi connectivity index (χ1n) is 9.42. The van der Waals surface area contributed by atoms with Crippen molar-refractivity contribution in [1.29, 1.82) is 0 Å². The number of ether oxygens (including phenoxy) is 1. The molecule has 1 atom stereocenters. The minimum atomic E-state index is -0.604. The van der Waals surface area contributed by atoms with Crippen molar-refractivity contribution >= 4 is 11.8 Å². The standard InChI is InChI=1S/C20H26N2O3/c1-15-6-2-3-7-17(15)25-14-18(23)22-13-5-11-20(22)10-4-12-21(19(20)24)16-8-9-16/h2-3,6-7,16H,4-5,8-14H2,1H3. The number of carbonyl (C=O) groups excluding carboxylic acids is 2. The molecule has 3 fully saturated rings. The van der Waals surface area contributed by atoms with Crippen molar-refractivity contribution in [2.24, 2.45) is 0 Å².